The quantitative estimate of drug-likeness (QED) is 0.153. The Labute approximate surface area is 269 Å². The first kappa shape index (κ1) is 31.7. The first-order chi connectivity index (χ1) is 22.5. The van der Waals surface area contributed by atoms with E-state index in [-0.39, 0.29) is 43.4 Å². The minimum atomic E-state index is -0.613. The molecule has 46 heavy (non-hydrogen) atoms. The lowest BCUT2D eigenvalue weighted by Gasteiger charge is -2.43. The first-order valence-corrected chi connectivity index (χ1v) is 15.9. The second kappa shape index (κ2) is 14.9. The van der Waals surface area contributed by atoms with Gasteiger partial charge in [0.15, 0.2) is 6.29 Å². The number of anilines is 2. The third-order valence-corrected chi connectivity index (χ3v) is 8.78. The molecule has 2 fully saturated rings. The average molecular weight is 624 g/mol. The Balaban J connectivity index is 1.11. The lowest BCUT2D eigenvalue weighted by molar-refractivity contribution is -0.276. The summed E-state index contributed by atoms with van der Waals surface area (Å²) in [6.45, 7) is 3.92. The van der Waals surface area contributed by atoms with Crippen LogP contribution in [0, 0.1) is 5.92 Å². The van der Waals surface area contributed by atoms with Crippen LogP contribution in [0.5, 0.6) is 11.5 Å². The summed E-state index contributed by atoms with van der Waals surface area (Å²) in [4.78, 5) is 15.1. The Morgan fingerprint density at radius 2 is 1.46 bits per heavy atom. The molecule has 6 rings (SSSR count). The van der Waals surface area contributed by atoms with Gasteiger partial charge < -0.3 is 35.1 Å². The van der Waals surface area contributed by atoms with Crippen molar-refractivity contribution in [1.82, 2.24) is 4.90 Å². The van der Waals surface area contributed by atoms with Crippen molar-refractivity contribution in [2.24, 2.45) is 5.92 Å². The van der Waals surface area contributed by atoms with Gasteiger partial charge >= 0.3 is 6.03 Å². The zero-order valence-corrected chi connectivity index (χ0v) is 25.9. The van der Waals surface area contributed by atoms with Crippen LogP contribution in [0.4, 0.5) is 16.2 Å². The van der Waals surface area contributed by atoms with Crippen LogP contribution in [0.1, 0.15) is 48.8 Å². The number of hydrogen-bond acceptors (Lipinski definition) is 7. The summed E-state index contributed by atoms with van der Waals surface area (Å²) in [6.07, 6.45) is 1.09. The summed E-state index contributed by atoms with van der Waals surface area (Å²) in [6, 6.07) is 31.8. The zero-order chi connectivity index (χ0) is 31.9. The van der Waals surface area contributed by atoms with E-state index in [1.54, 1.807) is 24.3 Å². The number of amides is 2. The lowest BCUT2D eigenvalue weighted by Crippen LogP contribution is -2.46. The van der Waals surface area contributed by atoms with E-state index < -0.39 is 6.29 Å². The number of urea groups is 1. The molecule has 0 radical (unpaired) electrons. The number of rotatable bonds is 10. The molecule has 9 nitrogen and oxygen atoms in total. The molecule has 2 heterocycles. The lowest BCUT2D eigenvalue weighted by atomic mass is 9.90. The van der Waals surface area contributed by atoms with E-state index >= 15 is 0 Å². The molecule has 0 saturated carbocycles. The third-order valence-electron chi connectivity index (χ3n) is 8.78. The standard InChI is InChI=1S/C37H41N3O6/c1-25-34(22-40-21-5-6-31(40)24-42)45-36(46-35(25)27-11-9-26(23-41)10-12-27)28-13-15-29(16-14-28)38-37(43)39-30-17-19-33(20-18-30)44-32-7-3-2-4-8-32/h2-4,7-20,25,31,34-36,41-42H,5-6,21-24H2,1H3,(H2,38,39,43)/t25-,31-,34+,35+,36+/m0/s1. The van der Waals surface area contributed by atoms with Crippen molar-refractivity contribution >= 4 is 17.4 Å². The second-order valence-electron chi connectivity index (χ2n) is 11.9. The van der Waals surface area contributed by atoms with E-state index in [0.29, 0.717) is 23.7 Å². The topological polar surface area (TPSA) is 113 Å². The van der Waals surface area contributed by atoms with E-state index in [0.717, 1.165) is 41.8 Å². The van der Waals surface area contributed by atoms with Gasteiger partial charge in [-0.05, 0) is 79.0 Å². The van der Waals surface area contributed by atoms with Crippen molar-refractivity contribution in [3.63, 3.8) is 0 Å². The number of hydrogen-bond donors (Lipinski definition) is 4. The van der Waals surface area contributed by atoms with Gasteiger partial charge in [0.05, 0.1) is 25.4 Å². The fourth-order valence-electron chi connectivity index (χ4n) is 6.15. The maximum absolute atomic E-state index is 12.7. The molecule has 2 saturated heterocycles. The average Bonchev–Trinajstić information content (AvgIpc) is 3.54. The highest BCUT2D eigenvalue weighted by molar-refractivity contribution is 5.99. The Kier molecular flexibility index (Phi) is 10.3. The second-order valence-corrected chi connectivity index (χ2v) is 11.9. The number of ether oxygens (including phenoxy) is 3. The van der Waals surface area contributed by atoms with Crippen LogP contribution in [0.15, 0.2) is 103 Å². The number of aliphatic hydroxyl groups is 2. The fraction of sp³-hybridized carbons (Fsp3) is 0.324. The molecule has 9 heteroatoms. The summed E-state index contributed by atoms with van der Waals surface area (Å²) < 4.78 is 19.0. The van der Waals surface area contributed by atoms with Gasteiger partial charge in [-0.1, -0.05) is 61.5 Å². The SMILES string of the molecule is C[C@H]1[C@@H](CN2CCC[C@H]2CO)O[C@@H](c2ccc(NC(=O)Nc3ccc(Oc4ccccc4)cc3)cc2)O[C@H]1c1ccc(CO)cc1. The number of likely N-dealkylation sites (tertiary alicyclic amines) is 1. The Bertz CT molecular complexity index is 1550. The molecule has 0 unspecified atom stereocenters. The van der Waals surface area contributed by atoms with E-state index in [4.69, 9.17) is 14.2 Å². The molecule has 5 atom stereocenters. The molecule has 4 aromatic rings. The number of nitrogens with one attached hydrogen (secondary N) is 2. The molecular weight excluding hydrogens is 582 g/mol. The van der Waals surface area contributed by atoms with Crippen LogP contribution in [0.25, 0.3) is 0 Å². The number of aliphatic hydroxyl groups excluding tert-OH is 2. The van der Waals surface area contributed by atoms with Gasteiger partial charge in [0, 0.05) is 35.4 Å². The summed E-state index contributed by atoms with van der Waals surface area (Å²) in [7, 11) is 0. The first-order valence-electron chi connectivity index (χ1n) is 15.9. The van der Waals surface area contributed by atoms with E-state index in [1.807, 2.05) is 78.9 Å². The molecular formula is C37H41N3O6. The number of benzene rings is 4. The maximum atomic E-state index is 12.7. The number of carbonyl (C=O) groups is 1. The van der Waals surface area contributed by atoms with Gasteiger partial charge in [0.25, 0.3) is 0 Å². The maximum Gasteiger partial charge on any atom is 0.323 e. The monoisotopic (exact) mass is 623 g/mol. The van der Waals surface area contributed by atoms with Crippen LogP contribution in [0.3, 0.4) is 0 Å². The minimum absolute atomic E-state index is 0.0123. The Morgan fingerprint density at radius 1 is 0.826 bits per heavy atom. The molecule has 0 aliphatic carbocycles. The molecule has 4 aromatic carbocycles. The van der Waals surface area contributed by atoms with Gasteiger partial charge in [-0.15, -0.1) is 0 Å². The van der Waals surface area contributed by atoms with Crippen LogP contribution in [0.2, 0.25) is 0 Å². The van der Waals surface area contributed by atoms with E-state index in [1.165, 1.54) is 0 Å². The molecule has 0 aromatic heterocycles. The predicted molar refractivity (Wildman–Crippen MR) is 177 cm³/mol. The smallest absolute Gasteiger partial charge is 0.323 e. The van der Waals surface area contributed by atoms with Gasteiger partial charge in [0.1, 0.15) is 11.5 Å². The molecule has 240 valence electrons. The predicted octanol–water partition coefficient (Wildman–Crippen LogP) is 6.86. The fourth-order valence-corrected chi connectivity index (χ4v) is 6.15. The normalized spacial score (nSPS) is 23.2. The number of para-hydroxylation sites is 1. The molecule has 2 aliphatic rings. The molecule has 0 spiro atoms. The van der Waals surface area contributed by atoms with Crippen molar-refractivity contribution in [2.45, 2.75) is 50.9 Å². The molecule has 0 bridgehead atoms. The van der Waals surface area contributed by atoms with Crippen LogP contribution >= 0.6 is 0 Å². The summed E-state index contributed by atoms with van der Waals surface area (Å²) >= 11 is 0. The summed E-state index contributed by atoms with van der Waals surface area (Å²) in [5.74, 6) is 1.47. The van der Waals surface area contributed by atoms with Gasteiger partial charge in [0.2, 0.25) is 0 Å². The van der Waals surface area contributed by atoms with Crippen LogP contribution in [-0.4, -0.2) is 53.0 Å². The number of nitrogens with zero attached hydrogens (tertiary/aromatic N) is 1. The molecule has 2 aliphatic heterocycles. The zero-order valence-electron chi connectivity index (χ0n) is 25.9. The minimum Gasteiger partial charge on any atom is -0.457 e. The van der Waals surface area contributed by atoms with Crippen molar-refractivity contribution in [2.75, 3.05) is 30.3 Å². The van der Waals surface area contributed by atoms with E-state index in [9.17, 15) is 15.0 Å². The van der Waals surface area contributed by atoms with Crippen molar-refractivity contribution in [1.29, 1.82) is 0 Å². The van der Waals surface area contributed by atoms with Gasteiger partial charge in [-0.25, -0.2) is 4.79 Å². The number of carbonyl (C=O) groups excluding carboxylic acids is 1. The molecule has 4 N–H and O–H groups in total. The highest BCUT2D eigenvalue weighted by atomic mass is 16.7. The Hall–Kier alpha value is -4.25. The molecule has 2 amide bonds. The largest absolute Gasteiger partial charge is 0.457 e. The Morgan fingerprint density at radius 3 is 2.11 bits per heavy atom. The summed E-state index contributed by atoms with van der Waals surface area (Å²) in [5.41, 5.74) is 3.98. The van der Waals surface area contributed by atoms with Crippen molar-refractivity contribution in [3.05, 3.63) is 120 Å². The van der Waals surface area contributed by atoms with E-state index in [2.05, 4.69) is 22.5 Å². The van der Waals surface area contributed by atoms with Gasteiger partial charge in [-0.2, -0.15) is 0 Å². The van der Waals surface area contributed by atoms with Crippen LogP contribution < -0.4 is 15.4 Å². The van der Waals surface area contributed by atoms with Crippen molar-refractivity contribution in [3.8, 4) is 11.5 Å². The summed E-state index contributed by atoms with van der Waals surface area (Å²) in [5, 5.41) is 25.2. The van der Waals surface area contributed by atoms with Gasteiger partial charge in [-0.3, -0.25) is 4.90 Å². The van der Waals surface area contributed by atoms with Crippen LogP contribution in [-0.2, 0) is 16.1 Å². The highest BCUT2D eigenvalue weighted by Gasteiger charge is 2.40. The van der Waals surface area contributed by atoms with Crippen molar-refractivity contribution < 1.29 is 29.2 Å². The third kappa shape index (κ3) is 7.75. The highest BCUT2D eigenvalue weighted by Crippen LogP contribution is 2.42.